The Labute approximate surface area is 140 Å². The average Bonchev–Trinajstić information content (AvgIpc) is 3.07. The zero-order chi connectivity index (χ0) is 17.7. The molecule has 1 aliphatic heterocycles. The van der Waals surface area contributed by atoms with E-state index in [9.17, 15) is 10.2 Å². The lowest BCUT2D eigenvalue weighted by atomic mass is 9.75. The Bertz CT molecular complexity index is 802. The van der Waals surface area contributed by atoms with Crippen molar-refractivity contribution in [3.05, 3.63) is 24.0 Å². The van der Waals surface area contributed by atoms with E-state index in [0.29, 0.717) is 23.2 Å². The zero-order valence-electron chi connectivity index (χ0n) is 14.3. The molecule has 0 saturated carbocycles. The summed E-state index contributed by atoms with van der Waals surface area (Å²) in [5.41, 5.74) is 6.11. The first-order valence-corrected chi connectivity index (χ1v) is 7.91. The predicted molar refractivity (Wildman–Crippen MR) is 89.1 cm³/mol. The molecule has 0 amide bonds. The molecule has 8 nitrogen and oxygen atoms in total. The summed E-state index contributed by atoms with van der Waals surface area (Å²) in [6.07, 6.45) is 2.57. The van der Waals surface area contributed by atoms with Gasteiger partial charge in [0.2, 0.25) is 0 Å². The highest BCUT2D eigenvalue weighted by atomic mass is 16.6. The van der Waals surface area contributed by atoms with E-state index in [4.69, 9.17) is 10.5 Å². The molecule has 0 bridgehead atoms. The molecule has 0 saturated heterocycles. The number of ether oxygens (including phenoxy) is 1. The third-order valence-electron chi connectivity index (χ3n) is 4.50. The minimum absolute atomic E-state index is 0.0786. The Morgan fingerprint density at radius 3 is 2.58 bits per heavy atom. The normalized spacial score (nSPS) is 25.0. The van der Waals surface area contributed by atoms with Gasteiger partial charge in [-0.3, -0.25) is 4.57 Å². The third-order valence-corrected chi connectivity index (χ3v) is 4.50. The van der Waals surface area contributed by atoms with Crippen molar-refractivity contribution in [2.24, 2.45) is 5.41 Å². The van der Waals surface area contributed by atoms with Gasteiger partial charge in [0.15, 0.2) is 17.7 Å². The molecule has 24 heavy (non-hydrogen) atoms. The number of nitrogens with zero attached hydrogens (tertiary/aromatic N) is 4. The molecular weight excluding hydrogens is 310 g/mol. The predicted octanol–water partition coefficient (Wildman–Crippen LogP) is 1.94. The molecule has 0 radical (unpaired) electrons. The smallest absolute Gasteiger partial charge is 0.195 e. The summed E-state index contributed by atoms with van der Waals surface area (Å²) in [6.45, 7) is 7.65. The monoisotopic (exact) mass is 333 g/mol. The van der Waals surface area contributed by atoms with Crippen LogP contribution in [0, 0.1) is 5.41 Å². The number of nitrogen functional groups attached to an aromatic ring is 1. The Morgan fingerprint density at radius 2 is 2.04 bits per heavy atom. The molecule has 2 aromatic rings. The first-order valence-electron chi connectivity index (χ1n) is 7.91. The summed E-state index contributed by atoms with van der Waals surface area (Å²) in [4.78, 5) is 12.3. The number of fused-ring (bicyclic) bond motifs is 1. The fourth-order valence-electron chi connectivity index (χ4n) is 3.47. The number of nitrogens with two attached hydrogens (primary N) is 1. The van der Waals surface area contributed by atoms with Crippen molar-refractivity contribution in [2.45, 2.75) is 45.9 Å². The van der Waals surface area contributed by atoms with E-state index < -0.39 is 11.8 Å². The lowest BCUT2D eigenvalue weighted by Gasteiger charge is -2.35. The number of anilines is 1. The zero-order valence-corrected chi connectivity index (χ0v) is 14.3. The van der Waals surface area contributed by atoms with Crippen molar-refractivity contribution in [3.8, 4) is 0 Å². The quantitative estimate of drug-likeness (QED) is 0.785. The summed E-state index contributed by atoms with van der Waals surface area (Å²) in [5.74, 6) is 0.343. The standard InChI is InChI=1S/C16H23N5O3/c1-5-16(6-22)11(15(2,3)4)10(23)14(24-16)21-8-20-9-12(17)18-7-19-13(9)21/h7-8,14,22-23H,5-6H2,1-4H3,(H2,17,18,19)/t14-,16-/m1/s1. The molecule has 0 spiro atoms. The van der Waals surface area contributed by atoms with Gasteiger partial charge in [-0.25, -0.2) is 15.0 Å². The average molecular weight is 333 g/mol. The van der Waals surface area contributed by atoms with Crippen LogP contribution in [0.1, 0.15) is 40.3 Å². The topological polar surface area (TPSA) is 119 Å². The SMILES string of the molecule is CC[C@]1(CO)O[C@@H](n2cnc3c(N)ncnc32)C(O)=C1C(C)(C)C. The number of aliphatic hydroxyl groups is 2. The maximum atomic E-state index is 10.9. The lowest BCUT2D eigenvalue weighted by Crippen LogP contribution is -2.40. The lowest BCUT2D eigenvalue weighted by molar-refractivity contribution is -0.101. The van der Waals surface area contributed by atoms with Gasteiger partial charge in [0, 0.05) is 5.57 Å². The minimum Gasteiger partial charge on any atom is -0.507 e. The first kappa shape index (κ1) is 16.7. The van der Waals surface area contributed by atoms with Gasteiger partial charge in [0.25, 0.3) is 0 Å². The van der Waals surface area contributed by atoms with Crippen LogP contribution in [0.3, 0.4) is 0 Å². The van der Waals surface area contributed by atoms with Gasteiger partial charge in [-0.05, 0) is 11.8 Å². The highest BCUT2D eigenvalue weighted by Gasteiger charge is 2.51. The molecule has 0 aliphatic carbocycles. The number of hydrogen-bond donors (Lipinski definition) is 3. The van der Waals surface area contributed by atoms with Crippen molar-refractivity contribution < 1.29 is 14.9 Å². The molecule has 3 rings (SSSR count). The van der Waals surface area contributed by atoms with Crippen LogP contribution in [0.4, 0.5) is 5.82 Å². The molecule has 8 heteroatoms. The molecule has 0 fully saturated rings. The molecule has 0 unspecified atom stereocenters. The molecule has 130 valence electrons. The second-order valence-electron chi connectivity index (χ2n) is 7.07. The van der Waals surface area contributed by atoms with Gasteiger partial charge in [0.1, 0.15) is 23.2 Å². The summed E-state index contributed by atoms with van der Waals surface area (Å²) in [5, 5.41) is 20.9. The van der Waals surface area contributed by atoms with Gasteiger partial charge in [-0.1, -0.05) is 27.7 Å². The number of hydrogen-bond acceptors (Lipinski definition) is 7. The van der Waals surface area contributed by atoms with E-state index in [2.05, 4.69) is 15.0 Å². The van der Waals surface area contributed by atoms with E-state index in [1.165, 1.54) is 12.7 Å². The number of rotatable bonds is 3. The third kappa shape index (κ3) is 2.25. The summed E-state index contributed by atoms with van der Waals surface area (Å²) in [6, 6.07) is 0. The van der Waals surface area contributed by atoms with Gasteiger partial charge < -0.3 is 20.7 Å². The van der Waals surface area contributed by atoms with Crippen molar-refractivity contribution in [1.29, 1.82) is 0 Å². The van der Waals surface area contributed by atoms with Crippen LogP contribution < -0.4 is 5.73 Å². The van der Waals surface area contributed by atoms with Crippen molar-refractivity contribution >= 4 is 17.0 Å². The summed E-state index contributed by atoms with van der Waals surface area (Å²) >= 11 is 0. The van der Waals surface area contributed by atoms with Crippen molar-refractivity contribution in [3.63, 3.8) is 0 Å². The Balaban J connectivity index is 2.19. The van der Waals surface area contributed by atoms with Crippen LogP contribution in [-0.4, -0.2) is 41.9 Å². The molecule has 3 heterocycles. The van der Waals surface area contributed by atoms with Gasteiger partial charge in [0.05, 0.1) is 12.9 Å². The van der Waals surface area contributed by atoms with E-state index >= 15 is 0 Å². The maximum Gasteiger partial charge on any atom is 0.195 e. The molecule has 1 aliphatic rings. The van der Waals surface area contributed by atoms with Gasteiger partial charge >= 0.3 is 0 Å². The Kier molecular flexibility index (Phi) is 3.76. The largest absolute Gasteiger partial charge is 0.507 e. The minimum atomic E-state index is -0.942. The second kappa shape index (κ2) is 5.42. The van der Waals surface area contributed by atoms with E-state index in [1.54, 1.807) is 4.57 Å². The van der Waals surface area contributed by atoms with Crippen molar-refractivity contribution in [1.82, 2.24) is 19.5 Å². The van der Waals surface area contributed by atoms with Crippen LogP contribution in [-0.2, 0) is 4.74 Å². The van der Waals surface area contributed by atoms with E-state index in [1.807, 2.05) is 27.7 Å². The van der Waals surface area contributed by atoms with Crippen LogP contribution in [0.5, 0.6) is 0 Å². The highest BCUT2D eigenvalue weighted by Crippen LogP contribution is 2.50. The summed E-state index contributed by atoms with van der Waals surface area (Å²) < 4.78 is 7.75. The summed E-state index contributed by atoms with van der Waals surface area (Å²) in [7, 11) is 0. The molecule has 2 aromatic heterocycles. The molecule has 2 atom stereocenters. The van der Waals surface area contributed by atoms with Gasteiger partial charge in [-0.2, -0.15) is 0 Å². The Hall–Kier alpha value is -2.19. The molecule has 0 aromatic carbocycles. The molecular formula is C16H23N5O3. The second-order valence-corrected chi connectivity index (χ2v) is 7.07. The Morgan fingerprint density at radius 1 is 1.33 bits per heavy atom. The van der Waals surface area contributed by atoms with Crippen LogP contribution in [0.15, 0.2) is 24.0 Å². The van der Waals surface area contributed by atoms with Crippen LogP contribution >= 0.6 is 0 Å². The fourth-order valence-corrected chi connectivity index (χ4v) is 3.47. The van der Waals surface area contributed by atoms with E-state index in [-0.39, 0.29) is 23.6 Å². The highest BCUT2D eigenvalue weighted by molar-refractivity contribution is 5.81. The first-order chi connectivity index (χ1) is 11.2. The van der Waals surface area contributed by atoms with Crippen LogP contribution in [0.2, 0.25) is 0 Å². The van der Waals surface area contributed by atoms with Gasteiger partial charge in [-0.15, -0.1) is 0 Å². The van der Waals surface area contributed by atoms with Crippen LogP contribution in [0.25, 0.3) is 11.2 Å². The molecule has 4 N–H and O–H groups in total. The maximum absolute atomic E-state index is 10.9. The fraction of sp³-hybridized carbons (Fsp3) is 0.562. The van der Waals surface area contributed by atoms with Crippen molar-refractivity contribution in [2.75, 3.05) is 12.3 Å². The number of imidazole rings is 1. The van der Waals surface area contributed by atoms with E-state index in [0.717, 1.165) is 0 Å². The number of aliphatic hydroxyl groups excluding tert-OH is 2. The number of aromatic nitrogens is 4.